The fraction of sp³-hybridized carbons (Fsp3) is 0.429. The van der Waals surface area contributed by atoms with Crippen molar-refractivity contribution >= 4 is 23.2 Å². The van der Waals surface area contributed by atoms with Crippen LogP contribution in [-0.2, 0) is 13.0 Å². The van der Waals surface area contributed by atoms with Crippen LogP contribution in [0.1, 0.15) is 55.8 Å². The van der Waals surface area contributed by atoms with Crippen LogP contribution in [0.3, 0.4) is 0 Å². The molecule has 0 N–H and O–H groups in total. The summed E-state index contributed by atoms with van der Waals surface area (Å²) in [6, 6.07) is 9.70. The van der Waals surface area contributed by atoms with Crippen molar-refractivity contribution in [3.05, 3.63) is 56.8 Å². The predicted molar refractivity (Wildman–Crippen MR) is 106 cm³/mol. The highest BCUT2D eigenvalue weighted by Gasteiger charge is 2.25. The number of unbranched alkanes of at least 4 members (excludes halogenated alkanes) is 1. The van der Waals surface area contributed by atoms with Crippen LogP contribution >= 0.6 is 11.3 Å². The van der Waals surface area contributed by atoms with Crippen molar-refractivity contribution in [1.29, 1.82) is 0 Å². The Balaban J connectivity index is 1.71. The number of nitrogens with zero attached hydrogens (tertiary/aromatic N) is 2. The SMILES string of the molecule is CCCCN(C)C(=O)c1cc2c(s1)CCN(C(=O)c1ccc(C)cc1)C2. The summed E-state index contributed by atoms with van der Waals surface area (Å²) in [6.45, 7) is 6.23. The molecular formula is C21H26N2O2S. The molecule has 4 nitrogen and oxygen atoms in total. The van der Waals surface area contributed by atoms with Gasteiger partial charge in [0.25, 0.3) is 11.8 Å². The summed E-state index contributed by atoms with van der Waals surface area (Å²) in [6.07, 6.45) is 2.92. The number of hydrogen-bond acceptors (Lipinski definition) is 3. The number of rotatable bonds is 5. The van der Waals surface area contributed by atoms with Gasteiger partial charge in [-0.25, -0.2) is 0 Å². The first-order chi connectivity index (χ1) is 12.5. The molecule has 1 aliphatic rings. The Morgan fingerprint density at radius 2 is 1.96 bits per heavy atom. The number of fused-ring (bicyclic) bond motifs is 1. The van der Waals surface area contributed by atoms with E-state index < -0.39 is 0 Å². The average Bonchev–Trinajstić information content (AvgIpc) is 3.08. The Bertz CT molecular complexity index is 795. The molecule has 2 amide bonds. The van der Waals surface area contributed by atoms with Crippen molar-refractivity contribution in [3.8, 4) is 0 Å². The minimum Gasteiger partial charge on any atom is -0.341 e. The van der Waals surface area contributed by atoms with Gasteiger partial charge in [-0.05, 0) is 43.5 Å². The van der Waals surface area contributed by atoms with Gasteiger partial charge in [-0.1, -0.05) is 31.0 Å². The average molecular weight is 371 g/mol. The summed E-state index contributed by atoms with van der Waals surface area (Å²) in [5, 5.41) is 0. The second-order valence-corrected chi connectivity index (χ2v) is 8.12. The first-order valence-electron chi connectivity index (χ1n) is 9.22. The van der Waals surface area contributed by atoms with Crippen LogP contribution in [0.15, 0.2) is 30.3 Å². The topological polar surface area (TPSA) is 40.6 Å². The second-order valence-electron chi connectivity index (χ2n) is 6.98. The standard InChI is InChI=1S/C21H26N2O2S/c1-4-5-11-22(3)21(25)19-13-17-14-23(12-10-18(17)26-19)20(24)16-8-6-15(2)7-9-16/h6-9,13H,4-5,10-12,14H2,1-3H3. The molecule has 0 saturated heterocycles. The van der Waals surface area contributed by atoms with Crippen molar-refractivity contribution < 1.29 is 9.59 Å². The van der Waals surface area contributed by atoms with Gasteiger partial charge in [0.1, 0.15) is 0 Å². The van der Waals surface area contributed by atoms with Crippen LogP contribution in [0, 0.1) is 6.92 Å². The fourth-order valence-corrected chi connectivity index (χ4v) is 4.33. The third-order valence-electron chi connectivity index (χ3n) is 4.86. The van der Waals surface area contributed by atoms with Gasteiger partial charge in [-0.15, -0.1) is 11.3 Å². The van der Waals surface area contributed by atoms with Gasteiger partial charge in [0, 0.05) is 37.1 Å². The van der Waals surface area contributed by atoms with E-state index in [1.54, 1.807) is 16.2 Å². The zero-order chi connectivity index (χ0) is 18.7. The van der Waals surface area contributed by atoms with Crippen LogP contribution in [0.4, 0.5) is 0 Å². The van der Waals surface area contributed by atoms with Gasteiger partial charge < -0.3 is 9.80 Å². The first-order valence-corrected chi connectivity index (χ1v) is 10.0. The second kappa shape index (κ2) is 8.04. The lowest BCUT2D eigenvalue weighted by molar-refractivity contribution is 0.0735. The van der Waals surface area contributed by atoms with Gasteiger partial charge in [-0.3, -0.25) is 9.59 Å². The summed E-state index contributed by atoms with van der Waals surface area (Å²) >= 11 is 1.59. The number of hydrogen-bond donors (Lipinski definition) is 0. The van der Waals surface area contributed by atoms with Crippen LogP contribution in [0.5, 0.6) is 0 Å². The first kappa shape index (κ1) is 18.6. The van der Waals surface area contributed by atoms with E-state index in [0.29, 0.717) is 13.1 Å². The Kier molecular flexibility index (Phi) is 5.77. The highest BCUT2D eigenvalue weighted by atomic mass is 32.1. The quantitative estimate of drug-likeness (QED) is 0.794. The maximum atomic E-state index is 12.7. The van der Waals surface area contributed by atoms with Gasteiger partial charge in [0.2, 0.25) is 0 Å². The Morgan fingerprint density at radius 1 is 1.23 bits per heavy atom. The van der Waals surface area contributed by atoms with E-state index in [4.69, 9.17) is 0 Å². The van der Waals surface area contributed by atoms with E-state index in [0.717, 1.165) is 47.4 Å². The van der Waals surface area contributed by atoms with Crippen LogP contribution in [0.25, 0.3) is 0 Å². The molecule has 1 aromatic carbocycles. The lowest BCUT2D eigenvalue weighted by Crippen LogP contribution is -2.35. The monoisotopic (exact) mass is 370 g/mol. The van der Waals surface area contributed by atoms with E-state index in [9.17, 15) is 9.59 Å². The lowest BCUT2D eigenvalue weighted by atomic mass is 10.1. The van der Waals surface area contributed by atoms with Crippen molar-refractivity contribution in [1.82, 2.24) is 9.80 Å². The van der Waals surface area contributed by atoms with Crippen molar-refractivity contribution in [2.24, 2.45) is 0 Å². The van der Waals surface area contributed by atoms with Crippen molar-refractivity contribution in [3.63, 3.8) is 0 Å². The van der Waals surface area contributed by atoms with Crippen molar-refractivity contribution in [2.75, 3.05) is 20.1 Å². The van der Waals surface area contributed by atoms with E-state index in [1.165, 1.54) is 4.88 Å². The molecule has 2 aromatic rings. The lowest BCUT2D eigenvalue weighted by Gasteiger charge is -2.27. The molecule has 0 unspecified atom stereocenters. The molecule has 138 valence electrons. The molecule has 5 heteroatoms. The fourth-order valence-electron chi connectivity index (χ4n) is 3.18. The molecule has 0 aliphatic carbocycles. The maximum absolute atomic E-state index is 12.7. The molecule has 3 rings (SSSR count). The smallest absolute Gasteiger partial charge is 0.263 e. The molecule has 0 spiro atoms. The molecule has 1 aliphatic heterocycles. The summed E-state index contributed by atoms with van der Waals surface area (Å²) in [5.41, 5.74) is 2.99. The number of thiophene rings is 1. The Labute approximate surface area is 159 Å². The summed E-state index contributed by atoms with van der Waals surface area (Å²) in [4.78, 5) is 31.1. The molecule has 26 heavy (non-hydrogen) atoms. The van der Waals surface area contributed by atoms with Gasteiger partial charge >= 0.3 is 0 Å². The highest BCUT2D eigenvalue weighted by molar-refractivity contribution is 7.14. The van der Waals surface area contributed by atoms with Crippen molar-refractivity contribution in [2.45, 2.75) is 39.7 Å². The highest BCUT2D eigenvalue weighted by Crippen LogP contribution is 2.29. The molecule has 0 fully saturated rings. The minimum absolute atomic E-state index is 0.0646. The number of aryl methyl sites for hydroxylation is 1. The van der Waals surface area contributed by atoms with Crippen LogP contribution in [0.2, 0.25) is 0 Å². The number of benzene rings is 1. The molecule has 0 atom stereocenters. The molecule has 0 saturated carbocycles. The van der Waals surface area contributed by atoms with Gasteiger partial charge in [-0.2, -0.15) is 0 Å². The third-order valence-corrected chi connectivity index (χ3v) is 6.08. The summed E-state index contributed by atoms with van der Waals surface area (Å²) in [5.74, 6) is 0.157. The van der Waals surface area contributed by atoms with Crippen LogP contribution < -0.4 is 0 Å². The Hall–Kier alpha value is -2.14. The summed E-state index contributed by atoms with van der Waals surface area (Å²) in [7, 11) is 1.87. The van der Waals surface area contributed by atoms with E-state index >= 15 is 0 Å². The number of carbonyl (C=O) groups is 2. The normalized spacial score (nSPS) is 13.4. The zero-order valence-corrected chi connectivity index (χ0v) is 16.6. The number of amides is 2. The zero-order valence-electron chi connectivity index (χ0n) is 15.7. The van der Waals surface area contributed by atoms with E-state index in [2.05, 4.69) is 6.92 Å². The largest absolute Gasteiger partial charge is 0.341 e. The van der Waals surface area contributed by atoms with Crippen LogP contribution in [-0.4, -0.2) is 41.8 Å². The Morgan fingerprint density at radius 3 is 2.65 bits per heavy atom. The molecule has 1 aromatic heterocycles. The predicted octanol–water partition coefficient (Wildman–Crippen LogP) is 4.13. The van der Waals surface area contributed by atoms with E-state index in [1.807, 2.05) is 49.2 Å². The maximum Gasteiger partial charge on any atom is 0.263 e. The van der Waals surface area contributed by atoms with Gasteiger partial charge in [0.05, 0.1) is 4.88 Å². The molecule has 0 radical (unpaired) electrons. The molecule has 0 bridgehead atoms. The summed E-state index contributed by atoms with van der Waals surface area (Å²) < 4.78 is 0. The minimum atomic E-state index is 0.0646. The van der Waals surface area contributed by atoms with Gasteiger partial charge in [0.15, 0.2) is 0 Å². The van der Waals surface area contributed by atoms with E-state index in [-0.39, 0.29) is 11.8 Å². The molecule has 2 heterocycles. The third kappa shape index (κ3) is 3.98. The number of carbonyl (C=O) groups excluding carboxylic acids is 2. The molecular weight excluding hydrogens is 344 g/mol.